The Bertz CT molecular complexity index is 688. The lowest BCUT2D eigenvalue weighted by Crippen LogP contribution is -2.61. The Morgan fingerprint density at radius 2 is 1.64 bits per heavy atom. The molecule has 1 unspecified atom stereocenters. The van der Waals surface area contributed by atoms with E-state index in [1.54, 1.807) is 14.1 Å². The van der Waals surface area contributed by atoms with Crippen LogP contribution in [0.1, 0.15) is 12.0 Å². The van der Waals surface area contributed by atoms with Crippen molar-refractivity contribution in [3.05, 3.63) is 35.9 Å². The molecule has 28 heavy (non-hydrogen) atoms. The fourth-order valence-electron chi connectivity index (χ4n) is 2.91. The summed E-state index contributed by atoms with van der Waals surface area (Å²) in [5.41, 5.74) is -0.812. The second-order valence-electron chi connectivity index (χ2n) is 8.45. The number of nitrogens with zero attached hydrogens (tertiary/aromatic N) is 2. The Morgan fingerprint density at radius 3 is 2.11 bits per heavy atom. The molecule has 0 saturated heterocycles. The van der Waals surface area contributed by atoms with Crippen LogP contribution in [-0.4, -0.2) is 74.2 Å². The second-order valence-corrected chi connectivity index (χ2v) is 14.1. The lowest BCUT2D eigenvalue weighted by Gasteiger charge is -2.40. The van der Waals surface area contributed by atoms with Crippen molar-refractivity contribution in [2.75, 3.05) is 27.7 Å². The van der Waals surface area contributed by atoms with Crippen LogP contribution < -0.4 is 0 Å². The highest BCUT2D eigenvalue weighted by atomic mass is 28.3. The summed E-state index contributed by atoms with van der Waals surface area (Å²) in [6.45, 7) is 6.77. The molecule has 156 valence electrons. The molecular weight excluding hydrogens is 376 g/mol. The summed E-state index contributed by atoms with van der Waals surface area (Å²) in [5, 5.41) is 9.53. The highest BCUT2D eigenvalue weighted by Gasteiger charge is 2.48. The zero-order valence-electron chi connectivity index (χ0n) is 17.7. The number of aliphatic carboxylic acids is 1. The average Bonchev–Trinajstić information content (AvgIpc) is 2.58. The third-order valence-corrected chi connectivity index (χ3v) is 6.28. The van der Waals surface area contributed by atoms with Gasteiger partial charge in [0.25, 0.3) is 0 Å². The fraction of sp³-hybridized carbons (Fsp3) is 0.550. The van der Waals surface area contributed by atoms with Gasteiger partial charge in [0, 0.05) is 35.6 Å². The number of benzene rings is 1. The Hall–Kier alpha value is -2.35. The molecule has 0 heterocycles. The molecule has 0 aromatic heterocycles. The normalized spacial score (nSPS) is 13.4. The number of ether oxygens (including phenoxy) is 1. The van der Waals surface area contributed by atoms with E-state index in [0.29, 0.717) is 0 Å². The highest BCUT2D eigenvalue weighted by Crippen LogP contribution is 2.27. The lowest BCUT2D eigenvalue weighted by molar-refractivity contribution is -0.150. The summed E-state index contributed by atoms with van der Waals surface area (Å²) >= 11 is 0. The Morgan fingerprint density at radius 1 is 1.07 bits per heavy atom. The number of carboxylic acid groups (broad SMARTS) is 1. The first-order chi connectivity index (χ1) is 12.9. The predicted molar refractivity (Wildman–Crippen MR) is 111 cm³/mol. The largest absolute Gasteiger partial charge is 0.481 e. The first kappa shape index (κ1) is 23.7. The molecule has 7 nitrogen and oxygen atoms in total. The number of rotatable bonds is 9. The summed E-state index contributed by atoms with van der Waals surface area (Å²) in [7, 11) is 3.14. The number of amides is 2. The Labute approximate surface area is 168 Å². The van der Waals surface area contributed by atoms with Crippen LogP contribution >= 0.6 is 0 Å². The van der Waals surface area contributed by atoms with Gasteiger partial charge in [-0.05, 0) is 11.6 Å². The maximum absolute atomic E-state index is 13.1. The van der Waals surface area contributed by atoms with Gasteiger partial charge in [0.1, 0.15) is 5.54 Å². The molecule has 0 aliphatic rings. The summed E-state index contributed by atoms with van der Waals surface area (Å²) < 4.78 is 5.39. The predicted octanol–water partition coefficient (Wildman–Crippen LogP) is 2.94. The molecule has 2 amide bonds. The Balaban J connectivity index is 3.23. The Kier molecular flexibility index (Phi) is 8.23. The summed E-state index contributed by atoms with van der Waals surface area (Å²) in [6, 6.07) is 9.87. The van der Waals surface area contributed by atoms with E-state index in [2.05, 4.69) is 19.6 Å². The molecule has 1 atom stereocenters. The number of carbonyl (C=O) groups excluding carboxylic acids is 2. The van der Waals surface area contributed by atoms with Gasteiger partial charge in [0.2, 0.25) is 5.91 Å². The van der Waals surface area contributed by atoms with Crippen LogP contribution in [0.5, 0.6) is 0 Å². The van der Waals surface area contributed by atoms with Crippen LogP contribution in [0.15, 0.2) is 30.3 Å². The molecule has 1 rings (SSSR count). The van der Waals surface area contributed by atoms with Crippen molar-refractivity contribution in [2.45, 2.75) is 44.1 Å². The molecule has 8 heteroatoms. The van der Waals surface area contributed by atoms with E-state index in [4.69, 9.17) is 4.74 Å². The molecule has 1 N–H and O–H groups in total. The van der Waals surface area contributed by atoms with Crippen LogP contribution in [0, 0.1) is 0 Å². The zero-order valence-corrected chi connectivity index (χ0v) is 18.7. The van der Waals surface area contributed by atoms with Gasteiger partial charge in [-0.2, -0.15) is 0 Å². The third kappa shape index (κ3) is 6.67. The molecule has 0 saturated carbocycles. The minimum Gasteiger partial charge on any atom is -0.481 e. The van der Waals surface area contributed by atoms with Crippen molar-refractivity contribution in [1.29, 1.82) is 0 Å². The van der Waals surface area contributed by atoms with Crippen molar-refractivity contribution in [2.24, 2.45) is 0 Å². The summed E-state index contributed by atoms with van der Waals surface area (Å²) in [4.78, 5) is 40.0. The molecule has 0 spiro atoms. The van der Waals surface area contributed by atoms with Crippen molar-refractivity contribution in [1.82, 2.24) is 9.80 Å². The SMILES string of the molecule is CN(C)C(=O)C(CC(=O)O)(Cc1ccccc1)N(C)C(=O)OCC[Si](C)(C)C. The van der Waals surface area contributed by atoms with Crippen LogP contribution in [-0.2, 0) is 20.7 Å². The van der Waals surface area contributed by atoms with E-state index in [1.807, 2.05) is 30.3 Å². The molecule has 0 bridgehead atoms. The van der Waals surface area contributed by atoms with E-state index in [-0.39, 0.29) is 13.0 Å². The van der Waals surface area contributed by atoms with E-state index < -0.39 is 38.0 Å². The van der Waals surface area contributed by atoms with E-state index in [0.717, 1.165) is 16.5 Å². The van der Waals surface area contributed by atoms with Crippen molar-refractivity contribution in [3.63, 3.8) is 0 Å². The number of hydrogen-bond acceptors (Lipinski definition) is 4. The summed E-state index contributed by atoms with van der Waals surface area (Å²) in [5.74, 6) is -1.61. The van der Waals surface area contributed by atoms with Gasteiger partial charge in [0.15, 0.2) is 0 Å². The minimum absolute atomic E-state index is 0.0801. The van der Waals surface area contributed by atoms with Crippen molar-refractivity contribution in [3.8, 4) is 0 Å². The number of likely N-dealkylation sites (N-methyl/N-ethyl adjacent to an activating group) is 2. The van der Waals surface area contributed by atoms with Crippen LogP contribution in [0.3, 0.4) is 0 Å². The number of carbonyl (C=O) groups is 3. The maximum atomic E-state index is 13.1. The molecule has 0 aliphatic carbocycles. The van der Waals surface area contributed by atoms with Gasteiger partial charge in [-0.25, -0.2) is 4.79 Å². The molecule has 1 aromatic carbocycles. The smallest absolute Gasteiger partial charge is 0.410 e. The van der Waals surface area contributed by atoms with Crippen LogP contribution in [0.2, 0.25) is 25.7 Å². The minimum atomic E-state index is -1.58. The van der Waals surface area contributed by atoms with Gasteiger partial charge in [0.05, 0.1) is 13.0 Å². The topological polar surface area (TPSA) is 87.2 Å². The summed E-state index contributed by atoms with van der Waals surface area (Å²) in [6.07, 6.45) is -1.12. The van der Waals surface area contributed by atoms with E-state index in [9.17, 15) is 19.5 Å². The monoisotopic (exact) mass is 408 g/mol. The first-order valence-electron chi connectivity index (χ1n) is 9.27. The molecule has 0 fully saturated rings. The number of hydrogen-bond donors (Lipinski definition) is 1. The molecule has 0 radical (unpaired) electrons. The second kappa shape index (κ2) is 9.72. The quantitative estimate of drug-likeness (QED) is 0.635. The molecule has 1 aromatic rings. The van der Waals surface area contributed by atoms with Gasteiger partial charge >= 0.3 is 12.1 Å². The molecule has 0 aliphatic heterocycles. The van der Waals surface area contributed by atoms with Gasteiger partial charge in [-0.3, -0.25) is 14.5 Å². The van der Waals surface area contributed by atoms with Crippen molar-refractivity contribution < 1.29 is 24.2 Å². The standard InChI is InChI=1S/C20H32N2O5Si/c1-21(2)18(25)20(15-17(23)24,14-16-10-8-7-9-11-16)22(3)19(26)27-12-13-28(4,5)6/h7-11H,12-15H2,1-6H3,(H,23,24). The van der Waals surface area contributed by atoms with Crippen LogP contribution in [0.4, 0.5) is 4.79 Å². The number of carboxylic acids is 1. The van der Waals surface area contributed by atoms with E-state index in [1.165, 1.54) is 11.9 Å². The molecular formula is C20H32N2O5Si. The average molecular weight is 409 g/mol. The van der Waals surface area contributed by atoms with Crippen LogP contribution in [0.25, 0.3) is 0 Å². The first-order valence-corrected chi connectivity index (χ1v) is 13.0. The fourth-order valence-corrected chi connectivity index (χ4v) is 3.62. The maximum Gasteiger partial charge on any atom is 0.410 e. The van der Waals surface area contributed by atoms with Gasteiger partial charge in [-0.1, -0.05) is 50.0 Å². The van der Waals surface area contributed by atoms with E-state index >= 15 is 0 Å². The zero-order chi connectivity index (χ0) is 21.5. The lowest BCUT2D eigenvalue weighted by atomic mass is 9.84. The highest BCUT2D eigenvalue weighted by molar-refractivity contribution is 6.76. The third-order valence-electron chi connectivity index (χ3n) is 4.58. The van der Waals surface area contributed by atoms with Crippen molar-refractivity contribution >= 4 is 26.0 Å². The van der Waals surface area contributed by atoms with Gasteiger partial charge < -0.3 is 14.7 Å². The van der Waals surface area contributed by atoms with Gasteiger partial charge in [-0.15, -0.1) is 0 Å².